The lowest BCUT2D eigenvalue weighted by Gasteiger charge is -2.36. The van der Waals surface area contributed by atoms with Crippen LogP contribution in [0.3, 0.4) is 0 Å². The van der Waals surface area contributed by atoms with E-state index in [1.165, 1.54) is 4.90 Å². The van der Waals surface area contributed by atoms with Gasteiger partial charge < -0.3 is 29.7 Å². The zero-order valence-corrected chi connectivity index (χ0v) is 30.2. The summed E-state index contributed by atoms with van der Waals surface area (Å²) in [5.41, 5.74) is -1.75. The van der Waals surface area contributed by atoms with E-state index in [1.807, 2.05) is 26.8 Å². The molecule has 2 aromatic rings. The summed E-state index contributed by atoms with van der Waals surface area (Å²) < 4.78 is 45.3. The molecule has 268 valence electrons. The van der Waals surface area contributed by atoms with Crippen molar-refractivity contribution in [2.24, 2.45) is 11.3 Å². The molecule has 5 unspecified atom stereocenters. The van der Waals surface area contributed by atoms with Crippen molar-refractivity contribution in [2.75, 3.05) is 20.2 Å². The monoisotopic (exact) mass is 699 g/mol. The van der Waals surface area contributed by atoms with Crippen molar-refractivity contribution in [2.45, 2.75) is 102 Å². The van der Waals surface area contributed by atoms with Crippen molar-refractivity contribution in [1.29, 1.82) is 0 Å². The number of sulfonamides is 1. The third-order valence-electron chi connectivity index (χ3n) is 9.17. The maximum atomic E-state index is 14.4. The average Bonchev–Trinajstić information content (AvgIpc) is 3.94. The van der Waals surface area contributed by atoms with Crippen LogP contribution in [0.1, 0.15) is 67.2 Å². The van der Waals surface area contributed by atoms with E-state index in [9.17, 15) is 22.8 Å². The number of carbonyl (C=O) groups excluding carboxylic acids is 3. The molecule has 3 fully saturated rings. The smallest absolute Gasteiger partial charge is 0.408 e. The second-order valence-electron chi connectivity index (χ2n) is 15.4. The zero-order chi connectivity index (χ0) is 35.9. The van der Waals surface area contributed by atoms with Gasteiger partial charge in [0, 0.05) is 36.5 Å². The zero-order valence-electron chi connectivity index (χ0n) is 29.4. The standard InChI is InChI=1S/C35H49N5O8S/c1-9-21-18-35(21,20-37-49(44,45)24-11-12-24)39-30(41)27-17-23(47-28-14-15-36-26-16-22(46-8)10-13-25(26)28)19-40(27)31(42)29(33(2,3)4)38-32(43)48-34(5,6)7/h9-10,13-16,21,23-24,27,29,37H,1,11-12,17-20H2,2-8H3,(H,38,43)(H,39,41). The Morgan fingerprint density at radius 3 is 2.45 bits per heavy atom. The second-order valence-corrected chi connectivity index (χ2v) is 17.4. The van der Waals surface area contributed by atoms with Crippen molar-refractivity contribution in [3.05, 3.63) is 43.1 Å². The third kappa shape index (κ3) is 8.46. The largest absolute Gasteiger partial charge is 0.497 e. The van der Waals surface area contributed by atoms with Crippen molar-refractivity contribution in [3.63, 3.8) is 0 Å². The Balaban J connectivity index is 1.42. The number of likely N-dealkylation sites (tertiary alicyclic amines) is 1. The van der Waals surface area contributed by atoms with E-state index in [4.69, 9.17) is 14.2 Å². The molecule has 1 aliphatic heterocycles. The highest BCUT2D eigenvalue weighted by molar-refractivity contribution is 7.90. The van der Waals surface area contributed by atoms with Gasteiger partial charge in [-0.3, -0.25) is 14.6 Å². The topological polar surface area (TPSA) is 165 Å². The summed E-state index contributed by atoms with van der Waals surface area (Å²) in [5.74, 6) is 0.123. The Bertz CT molecular complexity index is 1710. The lowest BCUT2D eigenvalue weighted by Crippen LogP contribution is -2.59. The number of pyridine rings is 1. The molecular weight excluding hydrogens is 650 g/mol. The Hall–Kier alpha value is -3.91. The number of alkyl carbamates (subject to hydrolysis) is 1. The normalized spacial score (nSPS) is 24.6. The number of nitrogens with zero attached hydrogens (tertiary/aromatic N) is 2. The highest BCUT2D eigenvalue weighted by Crippen LogP contribution is 2.45. The lowest BCUT2D eigenvalue weighted by atomic mass is 9.85. The van der Waals surface area contributed by atoms with Gasteiger partial charge in [0.25, 0.3) is 0 Å². The molecule has 1 saturated heterocycles. The molecule has 0 bridgehead atoms. The SMILES string of the molecule is C=CC1CC1(CNS(=O)(=O)C1CC1)NC(=O)C1CC(Oc2ccnc3cc(OC)ccc23)CN1C(=O)C(NC(=O)OC(C)(C)C)C(C)(C)C. The molecule has 1 aromatic heterocycles. The van der Waals surface area contributed by atoms with Crippen LogP contribution in [0, 0.1) is 11.3 Å². The summed E-state index contributed by atoms with van der Waals surface area (Å²) in [6, 6.07) is 5.16. The first-order valence-electron chi connectivity index (χ1n) is 16.7. The molecule has 0 radical (unpaired) electrons. The van der Waals surface area contributed by atoms with E-state index in [2.05, 4.69) is 26.9 Å². The van der Waals surface area contributed by atoms with Gasteiger partial charge in [0.15, 0.2) is 0 Å². The van der Waals surface area contributed by atoms with E-state index in [1.54, 1.807) is 58.4 Å². The molecule has 3 amide bonds. The number of amides is 3. The number of benzene rings is 1. The summed E-state index contributed by atoms with van der Waals surface area (Å²) in [7, 11) is -1.92. The van der Waals surface area contributed by atoms with Gasteiger partial charge >= 0.3 is 6.09 Å². The number of hydrogen-bond donors (Lipinski definition) is 3. The number of ether oxygens (including phenoxy) is 3. The first-order chi connectivity index (χ1) is 22.9. The van der Waals surface area contributed by atoms with Gasteiger partial charge in [-0.2, -0.15) is 0 Å². The number of rotatable bonds is 12. The third-order valence-corrected chi connectivity index (χ3v) is 11.1. The molecule has 0 spiro atoms. The predicted octanol–water partition coefficient (Wildman–Crippen LogP) is 3.67. The summed E-state index contributed by atoms with van der Waals surface area (Å²) in [4.78, 5) is 47.4. The number of hydrogen-bond acceptors (Lipinski definition) is 9. The quantitative estimate of drug-likeness (QED) is 0.280. The molecule has 5 atom stereocenters. The highest BCUT2D eigenvalue weighted by atomic mass is 32.2. The highest BCUT2D eigenvalue weighted by Gasteiger charge is 2.56. The maximum Gasteiger partial charge on any atom is 0.408 e. The van der Waals surface area contributed by atoms with E-state index >= 15 is 0 Å². The molecule has 3 N–H and O–H groups in total. The van der Waals surface area contributed by atoms with Gasteiger partial charge in [-0.15, -0.1) is 6.58 Å². The minimum absolute atomic E-state index is 0.0200. The van der Waals surface area contributed by atoms with Crippen LogP contribution in [0.15, 0.2) is 43.1 Å². The minimum Gasteiger partial charge on any atom is -0.497 e. The first-order valence-corrected chi connectivity index (χ1v) is 18.2. The van der Waals surface area contributed by atoms with E-state index in [0.29, 0.717) is 36.3 Å². The summed E-state index contributed by atoms with van der Waals surface area (Å²) in [6.07, 6.45) is 3.89. The van der Waals surface area contributed by atoms with E-state index in [-0.39, 0.29) is 25.4 Å². The Morgan fingerprint density at radius 2 is 1.86 bits per heavy atom. The lowest BCUT2D eigenvalue weighted by molar-refractivity contribution is -0.142. The molecule has 3 aliphatic rings. The molecule has 5 rings (SSSR count). The number of carbonyl (C=O) groups is 3. The number of methoxy groups -OCH3 is 1. The summed E-state index contributed by atoms with van der Waals surface area (Å²) >= 11 is 0. The van der Waals surface area contributed by atoms with Gasteiger partial charge in [-0.05, 0) is 63.6 Å². The van der Waals surface area contributed by atoms with Gasteiger partial charge in [-0.1, -0.05) is 26.8 Å². The molecule has 2 saturated carbocycles. The van der Waals surface area contributed by atoms with Gasteiger partial charge in [0.1, 0.15) is 35.3 Å². The second kappa shape index (κ2) is 13.4. The molecule has 1 aromatic carbocycles. The van der Waals surface area contributed by atoms with Crippen LogP contribution in [-0.4, -0.2) is 91.0 Å². The number of aromatic nitrogens is 1. The molecule has 2 aliphatic carbocycles. The van der Waals surface area contributed by atoms with Crippen molar-refractivity contribution in [3.8, 4) is 11.5 Å². The van der Waals surface area contributed by atoms with Crippen LogP contribution in [0.4, 0.5) is 4.79 Å². The average molecular weight is 700 g/mol. The molecular formula is C35H49N5O8S. The van der Waals surface area contributed by atoms with E-state index < -0.39 is 67.9 Å². The van der Waals surface area contributed by atoms with Crippen molar-refractivity contribution < 1.29 is 37.0 Å². The fourth-order valence-corrected chi connectivity index (χ4v) is 7.66. The first kappa shape index (κ1) is 36.4. The van der Waals surface area contributed by atoms with Crippen LogP contribution < -0.4 is 24.8 Å². The van der Waals surface area contributed by atoms with Gasteiger partial charge in [0.05, 0.1) is 30.0 Å². The van der Waals surface area contributed by atoms with Crippen LogP contribution in [0.25, 0.3) is 10.9 Å². The van der Waals surface area contributed by atoms with Crippen LogP contribution in [0.2, 0.25) is 0 Å². The van der Waals surface area contributed by atoms with Gasteiger partial charge in [-0.25, -0.2) is 17.9 Å². The number of fused-ring (bicyclic) bond motifs is 1. The van der Waals surface area contributed by atoms with Gasteiger partial charge in [0.2, 0.25) is 21.8 Å². The Morgan fingerprint density at radius 1 is 1.14 bits per heavy atom. The fourth-order valence-electron chi connectivity index (χ4n) is 6.21. The molecule has 49 heavy (non-hydrogen) atoms. The van der Waals surface area contributed by atoms with Crippen LogP contribution in [0.5, 0.6) is 11.5 Å². The van der Waals surface area contributed by atoms with Crippen molar-refractivity contribution >= 4 is 38.8 Å². The maximum absolute atomic E-state index is 14.4. The minimum atomic E-state index is -3.49. The number of nitrogens with one attached hydrogen (secondary N) is 3. The molecule has 14 heteroatoms. The molecule has 13 nitrogen and oxygen atoms in total. The van der Waals surface area contributed by atoms with Crippen LogP contribution in [-0.2, 0) is 24.3 Å². The Labute approximate surface area is 288 Å². The van der Waals surface area contributed by atoms with E-state index in [0.717, 1.165) is 5.39 Å². The van der Waals surface area contributed by atoms with Crippen molar-refractivity contribution in [1.82, 2.24) is 25.2 Å². The predicted molar refractivity (Wildman–Crippen MR) is 185 cm³/mol. The summed E-state index contributed by atoms with van der Waals surface area (Å²) in [5, 5.41) is 6.16. The Kier molecular flexibility index (Phi) is 9.97. The van der Waals surface area contributed by atoms with Crippen LogP contribution >= 0.6 is 0 Å². The molecule has 2 heterocycles. The fraction of sp³-hybridized carbons (Fsp3) is 0.600. The summed E-state index contributed by atoms with van der Waals surface area (Å²) in [6.45, 7) is 14.6.